The van der Waals surface area contributed by atoms with Gasteiger partial charge in [0.25, 0.3) is 0 Å². The average molecular weight is 519 g/mol. The van der Waals surface area contributed by atoms with Crippen molar-refractivity contribution in [3.05, 3.63) is 29.8 Å². The maximum atomic E-state index is 13.7. The van der Waals surface area contributed by atoms with E-state index in [0.29, 0.717) is 12.1 Å². The molecule has 0 aliphatic heterocycles. The molecule has 17 heteroatoms. The Morgan fingerprint density at radius 2 is 1.42 bits per heavy atom. The minimum absolute atomic E-state index is 0.115. The minimum Gasteiger partial charge on any atom is -0.467 e. The van der Waals surface area contributed by atoms with Gasteiger partial charge in [0.1, 0.15) is 11.8 Å². The van der Waals surface area contributed by atoms with E-state index in [1.165, 1.54) is 0 Å². The molecule has 1 aromatic rings. The van der Waals surface area contributed by atoms with Crippen molar-refractivity contribution in [1.29, 1.82) is 0 Å². The molecule has 7 nitrogen and oxygen atoms in total. The number of halogens is 9. The van der Waals surface area contributed by atoms with Crippen LogP contribution in [0.5, 0.6) is 5.75 Å². The zero-order chi connectivity index (χ0) is 26.0. The van der Waals surface area contributed by atoms with Gasteiger partial charge in [0.2, 0.25) is 5.91 Å². The zero-order valence-electron chi connectivity index (χ0n) is 16.4. The summed E-state index contributed by atoms with van der Waals surface area (Å²) in [6.45, 7) is 1.07. The first-order chi connectivity index (χ1) is 14.7. The summed E-state index contributed by atoms with van der Waals surface area (Å²) in [4.78, 5) is 22.7. The van der Waals surface area contributed by atoms with E-state index in [2.05, 4.69) is 14.2 Å². The van der Waals surface area contributed by atoms with Crippen LogP contribution in [0, 0.1) is 0 Å². The van der Waals surface area contributed by atoms with Crippen LogP contribution in [0.15, 0.2) is 24.3 Å². The number of esters is 1. The van der Waals surface area contributed by atoms with Crippen molar-refractivity contribution in [3.63, 3.8) is 0 Å². The second kappa shape index (κ2) is 9.26. The summed E-state index contributed by atoms with van der Waals surface area (Å²) in [5.74, 6) is -17.5. The molecule has 0 saturated carbocycles. The van der Waals surface area contributed by atoms with Crippen LogP contribution >= 0.6 is 0 Å². The van der Waals surface area contributed by atoms with E-state index in [0.717, 1.165) is 26.2 Å². The smallest absolute Gasteiger partial charge is 0.460 e. The lowest BCUT2D eigenvalue weighted by molar-refractivity contribution is -0.382. The molecule has 0 unspecified atom stereocenters. The van der Waals surface area contributed by atoms with Gasteiger partial charge in [0.05, 0.1) is 7.11 Å². The fraction of sp³-hybridized carbons (Fsp3) is 0.500. The molecular weight excluding hydrogens is 505 g/mol. The number of hydrogen-bond donors (Lipinski definition) is 1. The molecule has 0 radical (unpaired) electrons. The van der Waals surface area contributed by atoms with Crippen LogP contribution < -0.4 is 9.50 Å². The molecule has 0 heterocycles. The number of hydrogen-bond acceptors (Lipinski definition) is 6. The van der Waals surface area contributed by atoms with Gasteiger partial charge in [0, 0.05) is 13.3 Å². The molecule has 0 saturated heterocycles. The summed E-state index contributed by atoms with van der Waals surface area (Å²) in [5.41, 5.74) is 0.115. The number of carbonyl (C=O) groups is 2. The number of methoxy groups -OCH3 is 1. The molecule has 33 heavy (non-hydrogen) atoms. The molecule has 1 atom stereocenters. The molecule has 0 fully saturated rings. The van der Waals surface area contributed by atoms with Crippen LogP contribution in [0.4, 0.5) is 39.5 Å². The standard InChI is InChI=1S/C16H14F9NO6S/c1-8(27)26-11(12(28)31-2)7-9-3-5-10(6-4-9)32-33(29,30)16(24,25)14(19,20)13(17,18)15(21,22)23/h3-6,11H,7H2,1-2H3,(H,26,27)/t11-/m0/s1. The van der Waals surface area contributed by atoms with E-state index in [4.69, 9.17) is 0 Å². The molecule has 0 aromatic heterocycles. The Hall–Kier alpha value is -2.72. The normalized spacial score (nSPS) is 14.4. The van der Waals surface area contributed by atoms with E-state index in [1.54, 1.807) is 0 Å². The number of benzene rings is 1. The predicted molar refractivity (Wildman–Crippen MR) is 90.2 cm³/mol. The van der Waals surface area contributed by atoms with E-state index < -0.39 is 57.1 Å². The lowest BCUT2D eigenvalue weighted by Gasteiger charge is -2.32. The maximum Gasteiger partial charge on any atom is 0.460 e. The third kappa shape index (κ3) is 5.62. The summed E-state index contributed by atoms with van der Waals surface area (Å²) < 4.78 is 147. The Bertz CT molecular complexity index is 977. The predicted octanol–water partition coefficient (Wildman–Crippen LogP) is 3.04. The van der Waals surface area contributed by atoms with E-state index >= 15 is 0 Å². The molecule has 0 aliphatic carbocycles. The third-order valence-corrected chi connectivity index (χ3v) is 5.16. The molecular formula is C16H14F9NO6S. The highest BCUT2D eigenvalue weighted by atomic mass is 32.2. The second-order valence-electron chi connectivity index (χ2n) is 6.33. The van der Waals surface area contributed by atoms with Crippen LogP contribution in [0.2, 0.25) is 0 Å². The number of ether oxygens (including phenoxy) is 1. The highest BCUT2D eigenvalue weighted by molar-refractivity contribution is 7.88. The first-order valence-electron chi connectivity index (χ1n) is 8.29. The lowest BCUT2D eigenvalue weighted by atomic mass is 10.1. The molecule has 1 N–H and O–H groups in total. The topological polar surface area (TPSA) is 98.8 Å². The molecule has 1 amide bonds. The van der Waals surface area contributed by atoms with Crippen LogP contribution in [0.3, 0.4) is 0 Å². The summed E-state index contributed by atoms with van der Waals surface area (Å²) in [6, 6.07) is 1.69. The summed E-state index contributed by atoms with van der Waals surface area (Å²) in [7, 11) is -6.08. The van der Waals surface area contributed by atoms with Crippen molar-refractivity contribution < 1.29 is 66.4 Å². The molecule has 188 valence electrons. The van der Waals surface area contributed by atoms with Crippen LogP contribution in [0.1, 0.15) is 12.5 Å². The molecule has 1 aromatic carbocycles. The van der Waals surface area contributed by atoms with Crippen molar-refractivity contribution in [2.24, 2.45) is 0 Å². The SMILES string of the molecule is COC(=O)[C@H](Cc1ccc(OS(=O)(=O)C(F)(F)C(F)(F)C(F)(F)C(F)(F)F)cc1)NC(C)=O. The van der Waals surface area contributed by atoms with Gasteiger partial charge in [0.15, 0.2) is 0 Å². The number of nitrogens with one attached hydrogen (secondary N) is 1. The monoisotopic (exact) mass is 519 g/mol. The molecule has 0 bridgehead atoms. The largest absolute Gasteiger partial charge is 0.467 e. The molecule has 1 rings (SSSR count). The fourth-order valence-electron chi connectivity index (χ4n) is 2.19. The first kappa shape index (κ1) is 28.3. The second-order valence-corrected chi connectivity index (χ2v) is 7.91. The Morgan fingerprint density at radius 1 is 0.939 bits per heavy atom. The van der Waals surface area contributed by atoms with Crippen LogP contribution in [0.25, 0.3) is 0 Å². The Kier molecular flexibility index (Phi) is 7.95. The maximum absolute atomic E-state index is 13.7. The lowest BCUT2D eigenvalue weighted by Crippen LogP contribution is -2.63. The third-order valence-electron chi connectivity index (χ3n) is 3.86. The van der Waals surface area contributed by atoms with Gasteiger partial charge < -0.3 is 14.2 Å². The van der Waals surface area contributed by atoms with Gasteiger partial charge in [-0.05, 0) is 17.7 Å². The van der Waals surface area contributed by atoms with E-state index in [1.807, 2.05) is 0 Å². The summed E-state index contributed by atoms with van der Waals surface area (Å²) >= 11 is 0. The fourth-order valence-corrected chi connectivity index (χ4v) is 3.11. The van der Waals surface area contributed by atoms with Crippen LogP contribution in [-0.4, -0.2) is 56.7 Å². The molecule has 0 aliphatic rings. The average Bonchev–Trinajstić information content (AvgIpc) is 2.66. The summed E-state index contributed by atoms with van der Waals surface area (Å²) in [6.07, 6.45) is -7.49. The molecule has 0 spiro atoms. The Labute approximate surface area is 180 Å². The number of alkyl halides is 9. The van der Waals surface area contributed by atoms with Gasteiger partial charge in [-0.2, -0.15) is 47.9 Å². The van der Waals surface area contributed by atoms with Crippen molar-refractivity contribution in [3.8, 4) is 5.75 Å². The summed E-state index contributed by atoms with van der Waals surface area (Å²) in [5, 5.41) is -4.79. The van der Waals surface area contributed by atoms with E-state index in [-0.39, 0.29) is 12.0 Å². The van der Waals surface area contributed by atoms with E-state index in [9.17, 15) is 57.5 Å². The Morgan fingerprint density at radius 3 is 1.82 bits per heavy atom. The van der Waals surface area contributed by atoms with Crippen molar-refractivity contribution in [2.45, 2.75) is 42.7 Å². The number of amides is 1. The highest BCUT2D eigenvalue weighted by Gasteiger charge is 2.86. The van der Waals surface area contributed by atoms with Crippen molar-refractivity contribution in [2.75, 3.05) is 7.11 Å². The zero-order valence-corrected chi connectivity index (χ0v) is 17.2. The van der Waals surface area contributed by atoms with Crippen LogP contribution in [-0.2, 0) is 30.9 Å². The van der Waals surface area contributed by atoms with Gasteiger partial charge in [-0.15, -0.1) is 0 Å². The van der Waals surface area contributed by atoms with Crippen molar-refractivity contribution in [1.82, 2.24) is 5.32 Å². The van der Waals surface area contributed by atoms with Gasteiger partial charge >= 0.3 is 39.4 Å². The highest BCUT2D eigenvalue weighted by Crippen LogP contribution is 2.54. The van der Waals surface area contributed by atoms with Gasteiger partial charge in [-0.1, -0.05) is 12.1 Å². The quantitative estimate of drug-likeness (QED) is 0.306. The Balaban J connectivity index is 3.16. The van der Waals surface area contributed by atoms with Gasteiger partial charge in [-0.3, -0.25) is 4.79 Å². The van der Waals surface area contributed by atoms with Crippen molar-refractivity contribution >= 4 is 22.0 Å². The number of carbonyl (C=O) groups excluding carboxylic acids is 2. The van der Waals surface area contributed by atoms with Gasteiger partial charge in [-0.25, -0.2) is 4.79 Å². The first-order valence-corrected chi connectivity index (χ1v) is 9.70. The minimum atomic E-state index is -7.43. The number of rotatable bonds is 9.